The Morgan fingerprint density at radius 1 is 1.26 bits per heavy atom. The van der Waals surface area contributed by atoms with Gasteiger partial charge in [-0.1, -0.05) is 18.2 Å². The molecule has 1 aromatic rings. The number of hydrogen-bond acceptors (Lipinski definition) is 5. The molecule has 0 aromatic heterocycles. The average molecular weight is 359 g/mol. The minimum atomic E-state index is -3.02. The zero-order chi connectivity index (χ0) is 15.7. The smallest absolute Gasteiger partial charge is 0.414 e. The molecule has 3 rings (SSSR count). The molecule has 8 heteroatoms. The minimum absolute atomic E-state index is 0. The number of hydrogen-bond donors (Lipinski definition) is 1. The Bertz CT molecular complexity index is 703. The SMILES string of the molecule is Cl.NC[C@H]1CN(c2ccc(C3C=CS(=O)(=O)CC3)cc2)C(=O)O1. The van der Waals surface area contributed by atoms with Gasteiger partial charge in [0.25, 0.3) is 0 Å². The van der Waals surface area contributed by atoms with Gasteiger partial charge < -0.3 is 10.5 Å². The molecular formula is C15H19ClN2O4S. The van der Waals surface area contributed by atoms with E-state index in [1.165, 1.54) is 5.41 Å². The summed E-state index contributed by atoms with van der Waals surface area (Å²) in [5.74, 6) is 0.270. The second-order valence-electron chi connectivity index (χ2n) is 5.53. The number of benzene rings is 1. The van der Waals surface area contributed by atoms with Gasteiger partial charge in [0.1, 0.15) is 6.10 Å². The van der Waals surface area contributed by atoms with E-state index in [9.17, 15) is 13.2 Å². The molecule has 2 atom stereocenters. The average Bonchev–Trinajstić information content (AvgIpc) is 2.89. The first-order chi connectivity index (χ1) is 10.5. The molecule has 2 heterocycles. The van der Waals surface area contributed by atoms with Crippen LogP contribution in [0.25, 0.3) is 0 Å². The monoisotopic (exact) mass is 358 g/mol. The van der Waals surface area contributed by atoms with Crippen molar-refractivity contribution in [3.63, 3.8) is 0 Å². The van der Waals surface area contributed by atoms with Crippen molar-refractivity contribution in [3.8, 4) is 0 Å². The van der Waals surface area contributed by atoms with E-state index in [0.29, 0.717) is 19.5 Å². The van der Waals surface area contributed by atoms with Crippen LogP contribution in [0.2, 0.25) is 0 Å². The predicted octanol–water partition coefficient (Wildman–Crippen LogP) is 1.81. The third-order valence-corrected chi connectivity index (χ3v) is 5.38. The van der Waals surface area contributed by atoms with Crippen molar-refractivity contribution in [2.75, 3.05) is 23.7 Å². The van der Waals surface area contributed by atoms with E-state index in [2.05, 4.69) is 0 Å². The number of halogens is 1. The highest BCUT2D eigenvalue weighted by molar-refractivity contribution is 7.94. The number of nitrogens with two attached hydrogens (primary N) is 1. The topological polar surface area (TPSA) is 89.7 Å². The highest BCUT2D eigenvalue weighted by Gasteiger charge is 2.31. The second kappa shape index (κ2) is 6.90. The highest BCUT2D eigenvalue weighted by Crippen LogP contribution is 2.29. The van der Waals surface area contributed by atoms with Crippen molar-refractivity contribution in [2.45, 2.75) is 18.4 Å². The minimum Gasteiger partial charge on any atom is -0.443 e. The summed E-state index contributed by atoms with van der Waals surface area (Å²) in [6, 6.07) is 7.55. The van der Waals surface area contributed by atoms with Crippen LogP contribution in [0.3, 0.4) is 0 Å². The predicted molar refractivity (Wildman–Crippen MR) is 90.6 cm³/mol. The van der Waals surface area contributed by atoms with Crippen molar-refractivity contribution in [1.29, 1.82) is 0 Å². The Kier molecular flexibility index (Phi) is 5.33. The van der Waals surface area contributed by atoms with E-state index in [1.54, 1.807) is 11.0 Å². The summed E-state index contributed by atoms with van der Waals surface area (Å²) in [5, 5.41) is 1.29. The third kappa shape index (κ3) is 3.85. The molecule has 2 aliphatic rings. The number of amides is 1. The van der Waals surface area contributed by atoms with E-state index in [-0.39, 0.29) is 36.3 Å². The lowest BCUT2D eigenvalue weighted by molar-refractivity contribution is 0.145. The van der Waals surface area contributed by atoms with Crippen LogP contribution in [0.4, 0.5) is 10.5 Å². The lowest BCUT2D eigenvalue weighted by atomic mass is 9.96. The van der Waals surface area contributed by atoms with Crippen LogP contribution < -0.4 is 10.6 Å². The zero-order valence-electron chi connectivity index (χ0n) is 12.4. The Hall–Kier alpha value is -1.57. The molecule has 1 saturated heterocycles. The molecule has 2 N–H and O–H groups in total. The van der Waals surface area contributed by atoms with Crippen LogP contribution in [0.5, 0.6) is 0 Å². The van der Waals surface area contributed by atoms with Gasteiger partial charge in [-0.15, -0.1) is 12.4 Å². The number of anilines is 1. The van der Waals surface area contributed by atoms with Crippen LogP contribution in [0.15, 0.2) is 35.7 Å². The van der Waals surface area contributed by atoms with E-state index in [4.69, 9.17) is 10.5 Å². The highest BCUT2D eigenvalue weighted by atomic mass is 35.5. The molecule has 0 bridgehead atoms. The van der Waals surface area contributed by atoms with Crippen LogP contribution >= 0.6 is 12.4 Å². The van der Waals surface area contributed by atoms with Gasteiger partial charge >= 0.3 is 6.09 Å². The summed E-state index contributed by atoms with van der Waals surface area (Å²) in [4.78, 5) is 13.3. The quantitative estimate of drug-likeness (QED) is 0.889. The fourth-order valence-electron chi connectivity index (χ4n) is 2.70. The van der Waals surface area contributed by atoms with Crippen molar-refractivity contribution >= 4 is 34.0 Å². The normalized spacial score (nSPS) is 25.8. The van der Waals surface area contributed by atoms with Crippen LogP contribution in [-0.4, -0.2) is 39.5 Å². The molecule has 126 valence electrons. The standard InChI is InChI=1S/C15H18N2O4S.ClH/c16-9-14-10-17(15(18)21-14)13-3-1-11(2-4-13)12-5-7-22(19,20)8-6-12;/h1-5,7,12,14H,6,8-10,16H2;1H/t12?,14-;/m0./s1. The molecule has 6 nitrogen and oxygen atoms in total. The van der Waals surface area contributed by atoms with Crippen LogP contribution in [0.1, 0.15) is 17.9 Å². The Labute approximate surface area is 141 Å². The molecule has 2 aliphatic heterocycles. The lowest BCUT2D eigenvalue weighted by Crippen LogP contribution is -2.27. The van der Waals surface area contributed by atoms with Gasteiger partial charge in [0.2, 0.25) is 0 Å². The molecule has 0 radical (unpaired) electrons. The first kappa shape index (κ1) is 17.8. The summed E-state index contributed by atoms with van der Waals surface area (Å²) in [7, 11) is -3.02. The number of rotatable bonds is 3. The Balaban J connectivity index is 0.00000192. The Morgan fingerprint density at radius 2 is 1.96 bits per heavy atom. The number of nitrogens with zero attached hydrogens (tertiary/aromatic N) is 1. The molecule has 23 heavy (non-hydrogen) atoms. The summed E-state index contributed by atoms with van der Waals surface area (Å²) >= 11 is 0. The van der Waals surface area contributed by atoms with Crippen LogP contribution in [0, 0.1) is 0 Å². The number of cyclic esters (lactones) is 1. The van der Waals surface area contributed by atoms with Crippen molar-refractivity contribution in [1.82, 2.24) is 0 Å². The summed E-state index contributed by atoms with van der Waals surface area (Å²) in [5.41, 5.74) is 7.32. The molecule has 1 aromatic carbocycles. The molecule has 1 unspecified atom stereocenters. The maximum absolute atomic E-state index is 11.8. The number of ether oxygens (including phenoxy) is 1. The fraction of sp³-hybridized carbons (Fsp3) is 0.400. The second-order valence-corrected chi connectivity index (χ2v) is 7.54. The molecule has 0 saturated carbocycles. The van der Waals surface area contributed by atoms with Gasteiger partial charge in [-0.3, -0.25) is 4.90 Å². The summed E-state index contributed by atoms with van der Waals surface area (Å²) in [6.45, 7) is 0.762. The molecule has 0 spiro atoms. The van der Waals surface area contributed by atoms with Crippen molar-refractivity contribution < 1.29 is 17.9 Å². The zero-order valence-corrected chi connectivity index (χ0v) is 14.1. The van der Waals surface area contributed by atoms with E-state index >= 15 is 0 Å². The lowest BCUT2D eigenvalue weighted by Gasteiger charge is -2.18. The van der Waals surface area contributed by atoms with Gasteiger partial charge in [-0.2, -0.15) is 0 Å². The largest absolute Gasteiger partial charge is 0.443 e. The van der Waals surface area contributed by atoms with E-state index < -0.39 is 9.84 Å². The van der Waals surface area contributed by atoms with Crippen molar-refractivity contribution in [3.05, 3.63) is 41.3 Å². The van der Waals surface area contributed by atoms with Crippen molar-refractivity contribution in [2.24, 2.45) is 5.73 Å². The van der Waals surface area contributed by atoms with Gasteiger partial charge in [-0.05, 0) is 24.1 Å². The third-order valence-electron chi connectivity index (χ3n) is 4.00. The van der Waals surface area contributed by atoms with E-state index in [0.717, 1.165) is 11.3 Å². The molecule has 1 fully saturated rings. The van der Waals surface area contributed by atoms with E-state index in [1.807, 2.05) is 24.3 Å². The van der Waals surface area contributed by atoms with Gasteiger partial charge in [0.05, 0.1) is 12.3 Å². The Morgan fingerprint density at radius 3 is 2.48 bits per heavy atom. The van der Waals surface area contributed by atoms with Gasteiger partial charge in [0.15, 0.2) is 9.84 Å². The number of allylic oxidation sites excluding steroid dienone is 1. The van der Waals surface area contributed by atoms with Gasteiger partial charge in [0, 0.05) is 23.6 Å². The van der Waals surface area contributed by atoms with Crippen LogP contribution in [-0.2, 0) is 14.6 Å². The number of carbonyl (C=O) groups is 1. The number of sulfone groups is 1. The molecule has 0 aliphatic carbocycles. The maximum Gasteiger partial charge on any atom is 0.414 e. The first-order valence-corrected chi connectivity index (χ1v) is 8.89. The summed E-state index contributed by atoms with van der Waals surface area (Å²) < 4.78 is 27.9. The van der Waals surface area contributed by atoms with Gasteiger partial charge in [-0.25, -0.2) is 13.2 Å². The summed E-state index contributed by atoms with van der Waals surface area (Å²) in [6.07, 6.45) is 1.66. The number of carbonyl (C=O) groups excluding carboxylic acids is 1. The maximum atomic E-state index is 11.8. The first-order valence-electron chi connectivity index (χ1n) is 7.17. The molecule has 1 amide bonds. The molecular weight excluding hydrogens is 340 g/mol. The fourth-order valence-corrected chi connectivity index (χ4v) is 3.85.